The number of hydrogen-bond donors (Lipinski definition) is 2. The van der Waals surface area contributed by atoms with Crippen molar-refractivity contribution in [1.82, 2.24) is 4.98 Å². The maximum absolute atomic E-state index is 11.8. The maximum Gasteiger partial charge on any atom is 0.224 e. The van der Waals surface area contributed by atoms with Crippen molar-refractivity contribution < 1.29 is 4.79 Å². The first kappa shape index (κ1) is 15.0. The van der Waals surface area contributed by atoms with Crippen LogP contribution in [0.4, 0.5) is 10.8 Å². The summed E-state index contributed by atoms with van der Waals surface area (Å²) < 4.78 is 0. The molecule has 0 atom stereocenters. The number of aromatic nitrogens is 1. The number of amides is 1. The topological polar surface area (TPSA) is 54.0 Å². The molecule has 22 heavy (non-hydrogen) atoms. The molecular weight excluding hydrogens is 294 g/mol. The number of carbonyl (C=O) groups excluding carboxylic acids is 1. The summed E-state index contributed by atoms with van der Waals surface area (Å²) in [5.41, 5.74) is 2.89. The number of anilines is 2. The SMILES string of the molecule is CC(C)CC(=O)Nc1ccc(-c2csc(NC3CC3)n2)cc1. The number of nitrogens with one attached hydrogen (secondary N) is 2. The van der Waals surface area contributed by atoms with Gasteiger partial charge in [-0.1, -0.05) is 26.0 Å². The summed E-state index contributed by atoms with van der Waals surface area (Å²) in [5.74, 6) is 0.430. The Morgan fingerprint density at radius 3 is 2.68 bits per heavy atom. The lowest BCUT2D eigenvalue weighted by Gasteiger charge is -2.07. The van der Waals surface area contributed by atoms with Crippen LogP contribution >= 0.6 is 11.3 Å². The van der Waals surface area contributed by atoms with Gasteiger partial charge in [0.25, 0.3) is 0 Å². The highest BCUT2D eigenvalue weighted by molar-refractivity contribution is 7.14. The van der Waals surface area contributed by atoms with E-state index in [0.717, 1.165) is 22.1 Å². The molecule has 0 unspecified atom stereocenters. The van der Waals surface area contributed by atoms with Gasteiger partial charge in [-0.2, -0.15) is 0 Å². The second-order valence-corrected chi connectivity index (χ2v) is 7.04. The van der Waals surface area contributed by atoms with Crippen molar-refractivity contribution >= 4 is 28.1 Å². The van der Waals surface area contributed by atoms with Crippen LogP contribution in [-0.2, 0) is 4.79 Å². The van der Waals surface area contributed by atoms with Gasteiger partial charge in [-0.05, 0) is 30.9 Å². The van der Waals surface area contributed by atoms with Crippen LogP contribution in [0.1, 0.15) is 33.1 Å². The summed E-state index contributed by atoms with van der Waals surface area (Å²) in [6.45, 7) is 4.08. The van der Waals surface area contributed by atoms with E-state index in [1.165, 1.54) is 12.8 Å². The van der Waals surface area contributed by atoms with Gasteiger partial charge in [0.2, 0.25) is 5.91 Å². The number of nitrogens with zero attached hydrogens (tertiary/aromatic N) is 1. The summed E-state index contributed by atoms with van der Waals surface area (Å²) in [4.78, 5) is 16.4. The van der Waals surface area contributed by atoms with Gasteiger partial charge in [0.05, 0.1) is 5.69 Å². The Labute approximate surface area is 135 Å². The molecule has 1 aromatic heterocycles. The molecule has 0 bridgehead atoms. The molecule has 0 spiro atoms. The van der Waals surface area contributed by atoms with Crippen LogP contribution < -0.4 is 10.6 Å². The molecule has 2 N–H and O–H groups in total. The quantitative estimate of drug-likeness (QED) is 0.832. The molecule has 0 aliphatic heterocycles. The van der Waals surface area contributed by atoms with Crippen molar-refractivity contribution in [2.24, 2.45) is 5.92 Å². The van der Waals surface area contributed by atoms with Gasteiger partial charge in [0.1, 0.15) is 0 Å². The first-order valence-corrected chi connectivity index (χ1v) is 8.60. The molecule has 1 aromatic carbocycles. The zero-order valence-electron chi connectivity index (χ0n) is 12.9. The van der Waals surface area contributed by atoms with Crippen LogP contribution in [0, 0.1) is 5.92 Å². The summed E-state index contributed by atoms with van der Waals surface area (Å²) in [5, 5.41) is 9.39. The molecule has 1 aliphatic carbocycles. The van der Waals surface area contributed by atoms with Crippen LogP contribution in [-0.4, -0.2) is 16.9 Å². The molecule has 0 radical (unpaired) electrons. The molecular formula is C17H21N3OS. The third-order valence-electron chi connectivity index (χ3n) is 3.47. The molecule has 2 aromatic rings. The Balaban J connectivity index is 1.63. The zero-order valence-corrected chi connectivity index (χ0v) is 13.7. The predicted molar refractivity (Wildman–Crippen MR) is 92.3 cm³/mol. The molecule has 1 fully saturated rings. The van der Waals surface area contributed by atoms with Crippen molar-refractivity contribution in [3.8, 4) is 11.3 Å². The third kappa shape index (κ3) is 4.07. The van der Waals surface area contributed by atoms with Gasteiger partial charge >= 0.3 is 0 Å². The summed E-state index contributed by atoms with van der Waals surface area (Å²) >= 11 is 1.64. The number of hydrogen-bond acceptors (Lipinski definition) is 4. The minimum absolute atomic E-state index is 0.0623. The number of carbonyl (C=O) groups is 1. The van der Waals surface area contributed by atoms with Crippen molar-refractivity contribution in [3.05, 3.63) is 29.6 Å². The highest BCUT2D eigenvalue weighted by Crippen LogP contribution is 2.30. The summed E-state index contributed by atoms with van der Waals surface area (Å²) in [6, 6.07) is 8.49. The first-order chi connectivity index (χ1) is 10.6. The van der Waals surface area contributed by atoms with Gasteiger partial charge in [-0.25, -0.2) is 4.98 Å². The third-order valence-corrected chi connectivity index (χ3v) is 4.24. The fourth-order valence-corrected chi connectivity index (χ4v) is 2.98. The minimum atomic E-state index is 0.0623. The highest BCUT2D eigenvalue weighted by atomic mass is 32.1. The van der Waals surface area contributed by atoms with Crippen LogP contribution in [0.2, 0.25) is 0 Å². The molecule has 116 valence electrons. The van der Waals surface area contributed by atoms with Crippen LogP contribution in [0.25, 0.3) is 11.3 Å². The van der Waals surface area contributed by atoms with Crippen molar-refractivity contribution in [2.45, 2.75) is 39.2 Å². The number of thiazole rings is 1. The average Bonchev–Trinajstić information content (AvgIpc) is 3.14. The minimum Gasteiger partial charge on any atom is -0.359 e. The van der Waals surface area contributed by atoms with Crippen molar-refractivity contribution in [2.75, 3.05) is 10.6 Å². The fraction of sp³-hybridized carbons (Fsp3) is 0.412. The van der Waals surface area contributed by atoms with E-state index in [-0.39, 0.29) is 5.91 Å². The van der Waals surface area contributed by atoms with Crippen molar-refractivity contribution in [3.63, 3.8) is 0 Å². The van der Waals surface area contributed by atoms with Gasteiger partial charge in [-0.3, -0.25) is 4.79 Å². The molecule has 0 saturated heterocycles. The molecule has 3 rings (SSSR count). The van der Waals surface area contributed by atoms with Gasteiger partial charge in [0.15, 0.2) is 5.13 Å². The number of benzene rings is 1. The molecule has 1 amide bonds. The van der Waals surface area contributed by atoms with Gasteiger partial charge < -0.3 is 10.6 Å². The molecule has 4 nitrogen and oxygen atoms in total. The van der Waals surface area contributed by atoms with E-state index in [1.807, 2.05) is 38.1 Å². The van der Waals surface area contributed by atoms with E-state index in [9.17, 15) is 4.79 Å². The molecule has 1 heterocycles. The Kier molecular flexibility index (Phi) is 4.43. The van der Waals surface area contributed by atoms with E-state index >= 15 is 0 Å². The lowest BCUT2D eigenvalue weighted by Crippen LogP contribution is -2.13. The second kappa shape index (κ2) is 6.48. The van der Waals surface area contributed by atoms with Gasteiger partial charge in [0, 0.05) is 29.1 Å². The average molecular weight is 315 g/mol. The normalized spacial score (nSPS) is 14.1. The van der Waals surface area contributed by atoms with Crippen molar-refractivity contribution in [1.29, 1.82) is 0 Å². The fourth-order valence-electron chi connectivity index (χ4n) is 2.18. The standard InChI is InChI=1S/C17H21N3OS/c1-11(2)9-16(21)18-13-5-3-12(4-6-13)15-10-22-17(20-15)19-14-7-8-14/h3-6,10-11,14H,7-9H2,1-2H3,(H,18,21)(H,19,20). The molecule has 1 aliphatic rings. The Morgan fingerprint density at radius 2 is 2.05 bits per heavy atom. The Morgan fingerprint density at radius 1 is 1.32 bits per heavy atom. The van der Waals surface area contributed by atoms with Crippen LogP contribution in [0.5, 0.6) is 0 Å². The highest BCUT2D eigenvalue weighted by Gasteiger charge is 2.22. The second-order valence-electron chi connectivity index (χ2n) is 6.18. The lowest BCUT2D eigenvalue weighted by atomic mass is 10.1. The molecule has 5 heteroatoms. The summed E-state index contributed by atoms with van der Waals surface area (Å²) in [7, 11) is 0. The van der Waals surface area contributed by atoms with E-state index < -0.39 is 0 Å². The Hall–Kier alpha value is -1.88. The van der Waals surface area contributed by atoms with E-state index in [4.69, 9.17) is 0 Å². The first-order valence-electron chi connectivity index (χ1n) is 7.72. The summed E-state index contributed by atoms with van der Waals surface area (Å²) in [6.07, 6.45) is 3.05. The van der Waals surface area contributed by atoms with Gasteiger partial charge in [-0.15, -0.1) is 11.3 Å². The van der Waals surface area contributed by atoms with E-state index in [1.54, 1.807) is 11.3 Å². The monoisotopic (exact) mass is 315 g/mol. The predicted octanol–water partition coefficient (Wildman–Crippen LogP) is 4.37. The molecule has 1 saturated carbocycles. The van der Waals surface area contributed by atoms with E-state index in [0.29, 0.717) is 18.4 Å². The maximum atomic E-state index is 11.8. The largest absolute Gasteiger partial charge is 0.359 e. The lowest BCUT2D eigenvalue weighted by molar-refractivity contribution is -0.116. The smallest absolute Gasteiger partial charge is 0.224 e. The number of rotatable bonds is 6. The van der Waals surface area contributed by atoms with Crippen LogP contribution in [0.3, 0.4) is 0 Å². The van der Waals surface area contributed by atoms with E-state index in [2.05, 4.69) is 21.0 Å². The zero-order chi connectivity index (χ0) is 15.5. The Bertz CT molecular complexity index is 644. The van der Waals surface area contributed by atoms with Crippen LogP contribution in [0.15, 0.2) is 29.6 Å².